The zero-order valence-corrected chi connectivity index (χ0v) is 20.3. The standard InChI is InChI=1S/C26H27N3O4S/c1-16-20(23(30)32-3)22(28-25-27-15-19(34-25)17-11-7-5-8-12-17)21(24(31)33-4)26(2,29-16)18-13-9-6-10-14-18/h5-15,21-22,29H,1-4H3,(H,27,28). The molecule has 0 fully saturated rings. The molecule has 0 amide bonds. The van der Waals surface area contributed by atoms with Gasteiger partial charge in [-0.3, -0.25) is 4.79 Å². The molecular formula is C26H27N3O4S. The van der Waals surface area contributed by atoms with Gasteiger partial charge < -0.3 is 20.1 Å². The Morgan fingerprint density at radius 2 is 1.68 bits per heavy atom. The maximum absolute atomic E-state index is 13.3. The van der Waals surface area contributed by atoms with Gasteiger partial charge in [0.15, 0.2) is 5.13 Å². The maximum Gasteiger partial charge on any atom is 0.337 e. The van der Waals surface area contributed by atoms with E-state index in [0.29, 0.717) is 16.4 Å². The van der Waals surface area contributed by atoms with Crippen LogP contribution in [0.3, 0.4) is 0 Å². The van der Waals surface area contributed by atoms with Crippen molar-refractivity contribution in [1.82, 2.24) is 10.3 Å². The molecule has 4 rings (SSSR count). The van der Waals surface area contributed by atoms with Crippen LogP contribution in [-0.4, -0.2) is 37.2 Å². The summed E-state index contributed by atoms with van der Waals surface area (Å²) in [4.78, 5) is 31.6. The van der Waals surface area contributed by atoms with Crippen molar-refractivity contribution in [3.8, 4) is 10.4 Å². The Morgan fingerprint density at radius 1 is 1.03 bits per heavy atom. The molecule has 176 valence electrons. The highest BCUT2D eigenvalue weighted by atomic mass is 32.1. The molecule has 34 heavy (non-hydrogen) atoms. The van der Waals surface area contributed by atoms with E-state index in [1.807, 2.05) is 74.5 Å². The molecule has 0 saturated carbocycles. The van der Waals surface area contributed by atoms with E-state index in [0.717, 1.165) is 16.0 Å². The van der Waals surface area contributed by atoms with E-state index in [-0.39, 0.29) is 0 Å². The van der Waals surface area contributed by atoms with Crippen LogP contribution < -0.4 is 10.6 Å². The number of methoxy groups -OCH3 is 2. The number of carbonyl (C=O) groups excluding carboxylic acids is 2. The van der Waals surface area contributed by atoms with E-state index >= 15 is 0 Å². The highest BCUT2D eigenvalue weighted by molar-refractivity contribution is 7.18. The third-order valence-corrected chi connectivity index (χ3v) is 7.17. The average Bonchev–Trinajstić information content (AvgIpc) is 3.33. The zero-order valence-electron chi connectivity index (χ0n) is 19.5. The molecule has 7 nitrogen and oxygen atoms in total. The Kier molecular flexibility index (Phi) is 6.70. The van der Waals surface area contributed by atoms with Crippen LogP contribution in [0.1, 0.15) is 19.4 Å². The van der Waals surface area contributed by atoms with Gasteiger partial charge in [0.25, 0.3) is 0 Å². The van der Waals surface area contributed by atoms with Crippen molar-refractivity contribution >= 4 is 28.4 Å². The Bertz CT molecular complexity index is 1210. The summed E-state index contributed by atoms with van der Waals surface area (Å²) in [6.45, 7) is 3.75. The van der Waals surface area contributed by atoms with Crippen molar-refractivity contribution in [3.05, 3.63) is 83.7 Å². The van der Waals surface area contributed by atoms with Crippen LogP contribution in [0.2, 0.25) is 0 Å². The van der Waals surface area contributed by atoms with Crippen molar-refractivity contribution in [2.24, 2.45) is 5.92 Å². The van der Waals surface area contributed by atoms with Gasteiger partial charge in [0.1, 0.15) is 5.92 Å². The number of hydrogen-bond donors (Lipinski definition) is 2. The van der Waals surface area contributed by atoms with E-state index in [9.17, 15) is 9.59 Å². The number of ether oxygens (including phenoxy) is 2. The smallest absolute Gasteiger partial charge is 0.337 e. The molecule has 2 N–H and O–H groups in total. The van der Waals surface area contributed by atoms with Gasteiger partial charge in [-0.2, -0.15) is 0 Å². The summed E-state index contributed by atoms with van der Waals surface area (Å²) < 4.78 is 10.3. The Labute approximate surface area is 202 Å². The first-order valence-corrected chi connectivity index (χ1v) is 11.7. The molecule has 0 aliphatic carbocycles. The molecule has 0 saturated heterocycles. The lowest BCUT2D eigenvalue weighted by Gasteiger charge is -2.46. The molecule has 0 radical (unpaired) electrons. The third kappa shape index (κ3) is 4.28. The minimum absolute atomic E-state index is 0.336. The van der Waals surface area contributed by atoms with E-state index in [4.69, 9.17) is 9.47 Å². The molecule has 3 aromatic rings. The fourth-order valence-electron chi connectivity index (χ4n) is 4.56. The number of thiazole rings is 1. The second-order valence-electron chi connectivity index (χ2n) is 8.24. The quantitative estimate of drug-likeness (QED) is 0.510. The van der Waals surface area contributed by atoms with Crippen molar-refractivity contribution in [2.75, 3.05) is 19.5 Å². The number of nitrogens with zero attached hydrogens (tertiary/aromatic N) is 1. The van der Waals surface area contributed by atoms with Gasteiger partial charge in [0.05, 0.1) is 36.3 Å². The van der Waals surface area contributed by atoms with Gasteiger partial charge in [0, 0.05) is 11.9 Å². The summed E-state index contributed by atoms with van der Waals surface area (Å²) >= 11 is 1.45. The van der Waals surface area contributed by atoms with Crippen LogP contribution in [0.4, 0.5) is 5.13 Å². The molecule has 1 aliphatic heterocycles. The summed E-state index contributed by atoms with van der Waals surface area (Å²) in [5.74, 6) is -1.77. The molecule has 3 unspecified atom stereocenters. The number of esters is 2. The lowest BCUT2D eigenvalue weighted by atomic mass is 9.70. The van der Waals surface area contributed by atoms with Crippen LogP contribution in [0, 0.1) is 5.92 Å². The molecule has 1 aromatic heterocycles. The van der Waals surface area contributed by atoms with Crippen LogP contribution in [-0.2, 0) is 24.6 Å². The minimum atomic E-state index is -0.854. The fraction of sp³-hybridized carbons (Fsp3) is 0.269. The predicted octanol–water partition coefficient (Wildman–Crippen LogP) is 4.35. The molecule has 0 bridgehead atoms. The molecule has 2 heterocycles. The Morgan fingerprint density at radius 3 is 2.29 bits per heavy atom. The Balaban J connectivity index is 1.82. The lowest BCUT2D eigenvalue weighted by molar-refractivity contribution is -0.149. The van der Waals surface area contributed by atoms with E-state index in [1.54, 1.807) is 6.20 Å². The van der Waals surface area contributed by atoms with Crippen molar-refractivity contribution in [1.29, 1.82) is 0 Å². The highest BCUT2D eigenvalue weighted by Crippen LogP contribution is 2.42. The average molecular weight is 478 g/mol. The number of hydrogen-bond acceptors (Lipinski definition) is 8. The number of aromatic nitrogens is 1. The molecule has 8 heteroatoms. The normalized spacial score (nSPS) is 22.0. The zero-order chi connectivity index (χ0) is 24.3. The summed E-state index contributed by atoms with van der Waals surface area (Å²) in [6.07, 6.45) is 1.78. The number of carbonyl (C=O) groups is 2. The number of allylic oxidation sites excluding steroid dienone is 1. The summed E-state index contributed by atoms with van der Waals surface area (Å²) in [5, 5.41) is 7.36. The lowest BCUT2D eigenvalue weighted by Crippen LogP contribution is -2.60. The van der Waals surface area contributed by atoms with Gasteiger partial charge in [-0.25, -0.2) is 9.78 Å². The van der Waals surface area contributed by atoms with Gasteiger partial charge in [-0.15, -0.1) is 0 Å². The van der Waals surface area contributed by atoms with Crippen LogP contribution in [0.25, 0.3) is 10.4 Å². The molecule has 2 aromatic carbocycles. The third-order valence-electron chi connectivity index (χ3n) is 6.19. The van der Waals surface area contributed by atoms with Crippen LogP contribution in [0.15, 0.2) is 78.1 Å². The second-order valence-corrected chi connectivity index (χ2v) is 9.27. The van der Waals surface area contributed by atoms with Gasteiger partial charge in [-0.05, 0) is 25.0 Å². The van der Waals surface area contributed by atoms with Crippen LogP contribution in [0.5, 0.6) is 0 Å². The maximum atomic E-state index is 13.3. The monoisotopic (exact) mass is 477 g/mol. The van der Waals surface area contributed by atoms with Gasteiger partial charge in [0.2, 0.25) is 0 Å². The van der Waals surface area contributed by atoms with Crippen molar-refractivity contribution in [2.45, 2.75) is 25.4 Å². The van der Waals surface area contributed by atoms with E-state index in [2.05, 4.69) is 15.6 Å². The molecule has 0 spiro atoms. The fourth-order valence-corrected chi connectivity index (χ4v) is 5.42. The van der Waals surface area contributed by atoms with Crippen LogP contribution >= 0.6 is 11.3 Å². The summed E-state index contributed by atoms with van der Waals surface area (Å²) in [5.41, 5.74) is 2.03. The number of benzene rings is 2. The van der Waals surface area contributed by atoms with Crippen molar-refractivity contribution < 1.29 is 19.1 Å². The van der Waals surface area contributed by atoms with Gasteiger partial charge in [-0.1, -0.05) is 72.0 Å². The van der Waals surface area contributed by atoms with Crippen molar-refractivity contribution in [3.63, 3.8) is 0 Å². The first-order valence-electron chi connectivity index (χ1n) is 10.9. The minimum Gasteiger partial charge on any atom is -0.469 e. The second kappa shape index (κ2) is 9.69. The number of anilines is 1. The SMILES string of the molecule is COC(=O)C1=C(C)NC(C)(c2ccccc2)C(C(=O)OC)C1Nc1ncc(-c2ccccc2)s1. The van der Waals surface area contributed by atoms with E-state index in [1.165, 1.54) is 25.6 Å². The first-order chi connectivity index (χ1) is 16.4. The largest absolute Gasteiger partial charge is 0.469 e. The number of rotatable bonds is 6. The Hall–Kier alpha value is -3.65. The number of nitrogens with one attached hydrogen (secondary N) is 2. The molecule has 1 aliphatic rings. The van der Waals surface area contributed by atoms with Gasteiger partial charge >= 0.3 is 11.9 Å². The molecule has 3 atom stereocenters. The highest BCUT2D eigenvalue weighted by Gasteiger charge is 2.52. The topological polar surface area (TPSA) is 89.5 Å². The summed E-state index contributed by atoms with van der Waals surface area (Å²) in [6, 6.07) is 18.8. The first kappa shape index (κ1) is 23.5. The summed E-state index contributed by atoms with van der Waals surface area (Å²) in [7, 11) is 2.68. The van der Waals surface area contributed by atoms with E-state index < -0.39 is 29.4 Å². The predicted molar refractivity (Wildman–Crippen MR) is 132 cm³/mol. The molecular weight excluding hydrogens is 450 g/mol.